The van der Waals surface area contributed by atoms with Crippen LogP contribution in [0.1, 0.15) is 79.1 Å². The molecule has 5 rings (SSSR count). The number of rotatable bonds is 11. The molecule has 0 bridgehead atoms. The maximum absolute atomic E-state index is 15.1. The Kier molecular flexibility index (Phi) is 9.47. The van der Waals surface area contributed by atoms with E-state index in [0.29, 0.717) is 29.5 Å². The summed E-state index contributed by atoms with van der Waals surface area (Å²) in [5.74, 6) is -0.925. The molecule has 1 spiro atoms. The van der Waals surface area contributed by atoms with Gasteiger partial charge in [-0.15, -0.1) is 0 Å². The smallest absolute Gasteiger partial charge is 0.338 e. The van der Waals surface area contributed by atoms with Gasteiger partial charge in [0.1, 0.15) is 0 Å². The van der Waals surface area contributed by atoms with Crippen molar-refractivity contribution in [2.24, 2.45) is 5.73 Å². The van der Waals surface area contributed by atoms with E-state index in [1.54, 1.807) is 26.8 Å². The summed E-state index contributed by atoms with van der Waals surface area (Å²) in [6, 6.07) is 24.9. The lowest BCUT2D eigenvalue weighted by atomic mass is 9.68. The van der Waals surface area contributed by atoms with Crippen molar-refractivity contribution in [3.8, 4) is 0 Å². The van der Waals surface area contributed by atoms with Crippen molar-refractivity contribution in [3.05, 3.63) is 112 Å². The maximum atomic E-state index is 15.1. The first-order valence-corrected chi connectivity index (χ1v) is 15.7. The standard InChI is InChI=1S/C37H43N3O4/c1-4-44-34(42)27-17-9-8-16-26(27)31-28-18-10-11-19-29(28)37(21-23-39-24-22-37)32(31)33(41)30(40-35(43)36(2,3)38)20-12-15-25-13-6-5-7-14-25/h5-11,13-14,16-19,30,39H,4,12,15,20-24,38H2,1-3H3,(H,40,43). The number of esters is 1. The summed E-state index contributed by atoms with van der Waals surface area (Å²) >= 11 is 0. The minimum absolute atomic E-state index is 0.123. The van der Waals surface area contributed by atoms with Crippen molar-refractivity contribution in [3.63, 3.8) is 0 Å². The molecule has 1 atom stereocenters. The Morgan fingerprint density at radius 1 is 0.932 bits per heavy atom. The number of ether oxygens (including phenoxy) is 1. The fourth-order valence-corrected chi connectivity index (χ4v) is 6.67. The number of ketones is 1. The third-order valence-electron chi connectivity index (χ3n) is 8.84. The van der Waals surface area contributed by atoms with Crippen LogP contribution in [0.4, 0.5) is 0 Å². The van der Waals surface area contributed by atoms with Crippen molar-refractivity contribution in [2.75, 3.05) is 19.7 Å². The number of hydrogen-bond donors (Lipinski definition) is 3. The van der Waals surface area contributed by atoms with Crippen molar-refractivity contribution >= 4 is 23.2 Å². The molecular formula is C37H43N3O4. The molecular weight excluding hydrogens is 550 g/mol. The number of benzene rings is 3. The summed E-state index contributed by atoms with van der Waals surface area (Å²) in [6.07, 6.45) is 3.39. The summed E-state index contributed by atoms with van der Waals surface area (Å²) in [5.41, 5.74) is 10.2. The number of piperidine rings is 1. The highest BCUT2D eigenvalue weighted by molar-refractivity contribution is 6.15. The van der Waals surface area contributed by atoms with E-state index in [4.69, 9.17) is 10.5 Å². The Bertz CT molecular complexity index is 1550. The Morgan fingerprint density at radius 2 is 1.57 bits per heavy atom. The molecule has 3 aromatic carbocycles. The Hall–Kier alpha value is -4.07. The second-order valence-corrected chi connectivity index (χ2v) is 12.4. The zero-order valence-corrected chi connectivity index (χ0v) is 26.0. The van der Waals surface area contributed by atoms with Crippen LogP contribution in [0.15, 0.2) is 84.4 Å². The first-order chi connectivity index (χ1) is 21.2. The van der Waals surface area contributed by atoms with Crippen molar-refractivity contribution in [1.29, 1.82) is 0 Å². The first-order valence-electron chi connectivity index (χ1n) is 15.7. The minimum atomic E-state index is -1.16. The molecule has 1 aliphatic heterocycles. The van der Waals surface area contributed by atoms with E-state index >= 15 is 4.79 Å². The van der Waals surface area contributed by atoms with Crippen molar-refractivity contribution in [1.82, 2.24) is 10.6 Å². The molecule has 3 aromatic rings. The number of nitrogens with one attached hydrogen (secondary N) is 2. The lowest BCUT2D eigenvalue weighted by Gasteiger charge is -2.38. The van der Waals surface area contributed by atoms with Crippen LogP contribution in [0, 0.1) is 0 Å². The second-order valence-electron chi connectivity index (χ2n) is 12.4. The Balaban J connectivity index is 1.67. The summed E-state index contributed by atoms with van der Waals surface area (Å²) < 4.78 is 5.45. The molecule has 7 heteroatoms. The number of carbonyl (C=O) groups excluding carboxylic acids is 3. The van der Waals surface area contributed by atoms with Gasteiger partial charge in [0.15, 0.2) is 5.78 Å². The molecule has 44 heavy (non-hydrogen) atoms. The summed E-state index contributed by atoms with van der Waals surface area (Å²) in [5, 5.41) is 6.51. The molecule has 230 valence electrons. The van der Waals surface area contributed by atoms with E-state index < -0.39 is 23.0 Å². The number of amides is 1. The summed E-state index contributed by atoms with van der Waals surface area (Å²) in [6.45, 7) is 6.82. The second kappa shape index (κ2) is 13.3. The van der Waals surface area contributed by atoms with Gasteiger partial charge in [-0.25, -0.2) is 4.79 Å². The average molecular weight is 594 g/mol. The maximum Gasteiger partial charge on any atom is 0.338 e. The highest BCUT2D eigenvalue weighted by Gasteiger charge is 2.50. The molecule has 7 nitrogen and oxygen atoms in total. The van der Waals surface area contributed by atoms with Crippen LogP contribution in [0.5, 0.6) is 0 Å². The number of aryl methyl sites for hydroxylation is 1. The van der Waals surface area contributed by atoms with Gasteiger partial charge in [-0.1, -0.05) is 72.8 Å². The van der Waals surface area contributed by atoms with Crippen molar-refractivity contribution < 1.29 is 19.1 Å². The van der Waals surface area contributed by atoms with Gasteiger partial charge in [0.05, 0.1) is 23.8 Å². The molecule has 1 saturated heterocycles. The topological polar surface area (TPSA) is 111 Å². The fraction of sp³-hybridized carbons (Fsp3) is 0.378. The first kappa shape index (κ1) is 31.4. The molecule has 1 fully saturated rings. The van der Waals surface area contributed by atoms with Gasteiger partial charge < -0.3 is 21.1 Å². The molecule has 1 amide bonds. The van der Waals surface area contributed by atoms with Crippen LogP contribution in [0.25, 0.3) is 5.57 Å². The lowest BCUT2D eigenvalue weighted by Crippen LogP contribution is -2.55. The third kappa shape index (κ3) is 6.26. The van der Waals surface area contributed by atoms with Crippen LogP contribution in [0.2, 0.25) is 0 Å². The zero-order chi connectivity index (χ0) is 31.3. The van der Waals surface area contributed by atoms with Crippen LogP contribution in [0.3, 0.4) is 0 Å². The highest BCUT2D eigenvalue weighted by atomic mass is 16.5. The molecule has 1 unspecified atom stereocenters. The number of nitrogens with two attached hydrogens (primary N) is 1. The van der Waals surface area contributed by atoms with E-state index in [1.165, 1.54) is 5.56 Å². The molecule has 0 saturated carbocycles. The normalized spacial score (nSPS) is 16.4. The van der Waals surface area contributed by atoms with E-state index in [1.807, 2.05) is 54.6 Å². The molecule has 0 radical (unpaired) electrons. The lowest BCUT2D eigenvalue weighted by molar-refractivity contribution is -0.129. The quantitative estimate of drug-likeness (QED) is 0.267. The van der Waals surface area contributed by atoms with Gasteiger partial charge in [-0.2, -0.15) is 0 Å². The number of carbonyl (C=O) groups is 3. The van der Waals surface area contributed by atoms with E-state index in [-0.39, 0.29) is 18.3 Å². The molecule has 4 N–H and O–H groups in total. The zero-order valence-electron chi connectivity index (χ0n) is 26.0. The van der Waals surface area contributed by atoms with Gasteiger partial charge in [-0.3, -0.25) is 9.59 Å². The predicted molar refractivity (Wildman–Crippen MR) is 173 cm³/mol. The third-order valence-corrected chi connectivity index (χ3v) is 8.84. The predicted octanol–water partition coefficient (Wildman–Crippen LogP) is 5.11. The number of fused-ring (bicyclic) bond motifs is 2. The number of Topliss-reactive ketones (excluding diaryl/α,β-unsaturated/α-hetero) is 1. The van der Waals surface area contributed by atoms with Crippen LogP contribution in [-0.4, -0.2) is 48.9 Å². The van der Waals surface area contributed by atoms with Crippen LogP contribution < -0.4 is 16.4 Å². The van der Waals surface area contributed by atoms with Crippen LogP contribution in [-0.2, 0) is 26.2 Å². The summed E-state index contributed by atoms with van der Waals surface area (Å²) in [7, 11) is 0. The fourth-order valence-electron chi connectivity index (χ4n) is 6.67. The average Bonchev–Trinajstić information content (AvgIpc) is 3.29. The molecule has 1 aliphatic carbocycles. The molecule has 0 aromatic heterocycles. The number of hydrogen-bond acceptors (Lipinski definition) is 6. The highest BCUT2D eigenvalue weighted by Crippen LogP contribution is 2.54. The Labute approximate surface area is 260 Å². The van der Waals surface area contributed by atoms with Crippen LogP contribution >= 0.6 is 0 Å². The van der Waals surface area contributed by atoms with E-state index in [2.05, 4.69) is 28.8 Å². The van der Waals surface area contributed by atoms with Gasteiger partial charge in [0.2, 0.25) is 5.91 Å². The van der Waals surface area contributed by atoms with Gasteiger partial charge in [0.25, 0.3) is 0 Å². The monoisotopic (exact) mass is 593 g/mol. The van der Waals surface area contributed by atoms with Gasteiger partial charge in [0, 0.05) is 11.0 Å². The molecule has 2 aliphatic rings. The molecule has 1 heterocycles. The largest absolute Gasteiger partial charge is 0.462 e. The minimum Gasteiger partial charge on any atom is -0.462 e. The van der Waals surface area contributed by atoms with E-state index in [9.17, 15) is 9.59 Å². The van der Waals surface area contributed by atoms with Crippen molar-refractivity contribution in [2.45, 2.75) is 69.9 Å². The van der Waals surface area contributed by atoms with Gasteiger partial charge >= 0.3 is 5.97 Å². The van der Waals surface area contributed by atoms with E-state index in [0.717, 1.165) is 49.1 Å². The van der Waals surface area contributed by atoms with Gasteiger partial charge in [-0.05, 0) is 99.9 Å². The Morgan fingerprint density at radius 3 is 2.25 bits per heavy atom. The SMILES string of the molecule is CCOC(=O)c1ccccc1C1=C(C(=O)C(CCCc2ccccc2)NC(=O)C(C)(C)N)C2(CCNCC2)c2ccccc21. The summed E-state index contributed by atoms with van der Waals surface area (Å²) in [4.78, 5) is 41.7.